The Morgan fingerprint density at radius 3 is 2.44 bits per heavy atom. The van der Waals surface area contributed by atoms with Crippen LogP contribution in [0, 0.1) is 0 Å². The molecule has 0 amide bonds. The van der Waals surface area contributed by atoms with Gasteiger partial charge in [-0.3, -0.25) is 9.59 Å². The summed E-state index contributed by atoms with van der Waals surface area (Å²) in [6, 6.07) is 0. The Morgan fingerprint density at radius 2 is 1.94 bits per heavy atom. The average molecular weight is 262 g/mol. The first-order valence-electron chi connectivity index (χ1n) is 5.55. The maximum Gasteiger partial charge on any atom is 0.305 e. The van der Waals surface area contributed by atoms with Crippen molar-refractivity contribution in [3.63, 3.8) is 0 Å². The second-order valence-corrected chi connectivity index (χ2v) is 6.71. The summed E-state index contributed by atoms with van der Waals surface area (Å²) in [6.07, 6.45) is 2.08. The number of ketones is 1. The molecule has 1 heterocycles. The third-order valence-corrected chi connectivity index (χ3v) is 6.07. The van der Waals surface area contributed by atoms with Crippen LogP contribution in [0.4, 0.5) is 0 Å². The maximum atomic E-state index is 11.7. The smallest absolute Gasteiger partial charge is 0.305 e. The van der Waals surface area contributed by atoms with Gasteiger partial charge in [-0.05, 0) is 38.2 Å². The van der Waals surface area contributed by atoms with Gasteiger partial charge in [0.05, 0.1) is 6.61 Å². The predicted octanol–water partition coefficient (Wildman–Crippen LogP) is 2.49. The molecule has 16 heavy (non-hydrogen) atoms. The van der Waals surface area contributed by atoms with Crippen LogP contribution in [0.15, 0.2) is 0 Å². The number of thioether (sulfide) groups is 2. The molecule has 0 unspecified atom stereocenters. The lowest BCUT2D eigenvalue weighted by Crippen LogP contribution is -2.33. The highest BCUT2D eigenvalue weighted by Crippen LogP contribution is 2.46. The third kappa shape index (κ3) is 3.70. The van der Waals surface area contributed by atoms with Gasteiger partial charge in [0.15, 0.2) is 5.78 Å². The van der Waals surface area contributed by atoms with Gasteiger partial charge in [-0.1, -0.05) is 0 Å². The van der Waals surface area contributed by atoms with Crippen molar-refractivity contribution in [2.75, 3.05) is 18.1 Å². The Kier molecular flexibility index (Phi) is 5.69. The lowest BCUT2D eigenvalue weighted by atomic mass is 10.2. The van der Waals surface area contributed by atoms with Crippen molar-refractivity contribution < 1.29 is 14.3 Å². The van der Waals surface area contributed by atoms with E-state index in [-0.39, 0.29) is 11.8 Å². The Labute approximate surface area is 105 Å². The molecule has 0 N–H and O–H groups in total. The summed E-state index contributed by atoms with van der Waals surface area (Å²) in [5.41, 5.74) is 0. The van der Waals surface area contributed by atoms with Gasteiger partial charge in [-0.15, -0.1) is 23.5 Å². The van der Waals surface area contributed by atoms with Crippen molar-refractivity contribution in [3.05, 3.63) is 0 Å². The second-order valence-electron chi connectivity index (χ2n) is 3.66. The van der Waals surface area contributed by atoms with E-state index >= 15 is 0 Å². The third-order valence-electron chi connectivity index (χ3n) is 2.46. The van der Waals surface area contributed by atoms with Crippen LogP contribution >= 0.6 is 23.5 Å². The van der Waals surface area contributed by atoms with E-state index in [2.05, 4.69) is 0 Å². The molecule has 1 aliphatic rings. The molecule has 1 aliphatic heterocycles. The molecule has 0 atom stereocenters. The normalized spacial score (nSPS) is 19.1. The van der Waals surface area contributed by atoms with Crippen LogP contribution < -0.4 is 0 Å². The van der Waals surface area contributed by atoms with Gasteiger partial charge >= 0.3 is 5.97 Å². The number of hydrogen-bond acceptors (Lipinski definition) is 5. The van der Waals surface area contributed by atoms with Crippen molar-refractivity contribution in [1.29, 1.82) is 0 Å². The van der Waals surface area contributed by atoms with E-state index in [1.54, 1.807) is 37.4 Å². The molecule has 0 aromatic heterocycles. The largest absolute Gasteiger partial charge is 0.466 e. The molecule has 92 valence electrons. The van der Waals surface area contributed by atoms with Gasteiger partial charge in [0.1, 0.15) is 4.08 Å². The zero-order valence-electron chi connectivity index (χ0n) is 9.78. The summed E-state index contributed by atoms with van der Waals surface area (Å²) in [7, 11) is 0. The molecule has 0 aliphatic carbocycles. The molecule has 1 fully saturated rings. The minimum Gasteiger partial charge on any atom is -0.466 e. The molecule has 0 aromatic carbocycles. The standard InChI is InChI=1S/C11H18O3S2/c1-3-14-10(13)5-6-11(9(2)12)15-7-4-8-16-11/h3-8H2,1-2H3. The van der Waals surface area contributed by atoms with E-state index in [1.807, 2.05) is 0 Å². The molecule has 3 nitrogen and oxygen atoms in total. The number of hydrogen-bond donors (Lipinski definition) is 0. The molecule has 0 aromatic rings. The molecule has 0 radical (unpaired) electrons. The lowest BCUT2D eigenvalue weighted by molar-refractivity contribution is -0.143. The Balaban J connectivity index is 2.51. The molecular weight excluding hydrogens is 244 g/mol. The van der Waals surface area contributed by atoms with Crippen molar-refractivity contribution in [3.8, 4) is 0 Å². The number of rotatable bonds is 5. The summed E-state index contributed by atoms with van der Waals surface area (Å²) < 4.78 is 4.49. The van der Waals surface area contributed by atoms with Gasteiger partial charge in [0.25, 0.3) is 0 Å². The number of esters is 1. The zero-order chi connectivity index (χ0) is 12.0. The van der Waals surface area contributed by atoms with Gasteiger partial charge in [-0.2, -0.15) is 0 Å². The van der Waals surface area contributed by atoms with Crippen LogP contribution in [0.1, 0.15) is 33.1 Å². The number of carbonyl (C=O) groups excluding carboxylic acids is 2. The number of Topliss-reactive ketones (excluding diaryl/α,β-unsaturated/α-hetero) is 1. The fourth-order valence-corrected chi connectivity index (χ4v) is 4.75. The van der Waals surface area contributed by atoms with E-state index in [1.165, 1.54) is 0 Å². The molecule has 0 saturated carbocycles. The topological polar surface area (TPSA) is 43.4 Å². The average Bonchev–Trinajstić information content (AvgIpc) is 2.28. The van der Waals surface area contributed by atoms with E-state index in [9.17, 15) is 9.59 Å². The monoisotopic (exact) mass is 262 g/mol. The fraction of sp³-hybridized carbons (Fsp3) is 0.818. The Morgan fingerprint density at radius 1 is 1.31 bits per heavy atom. The van der Waals surface area contributed by atoms with Crippen molar-refractivity contribution in [1.82, 2.24) is 0 Å². The van der Waals surface area contributed by atoms with Gasteiger partial charge in [0.2, 0.25) is 0 Å². The summed E-state index contributed by atoms with van der Waals surface area (Å²) >= 11 is 3.37. The van der Waals surface area contributed by atoms with E-state index < -0.39 is 4.08 Å². The quantitative estimate of drug-likeness (QED) is 0.712. The second kappa shape index (κ2) is 6.55. The lowest BCUT2D eigenvalue weighted by Gasteiger charge is -2.33. The van der Waals surface area contributed by atoms with Crippen molar-refractivity contribution in [2.45, 2.75) is 37.2 Å². The van der Waals surface area contributed by atoms with Gasteiger partial charge < -0.3 is 4.74 Å². The zero-order valence-corrected chi connectivity index (χ0v) is 11.4. The van der Waals surface area contributed by atoms with Crippen LogP contribution in [0.5, 0.6) is 0 Å². The maximum absolute atomic E-state index is 11.7. The van der Waals surface area contributed by atoms with Crippen LogP contribution in [0.3, 0.4) is 0 Å². The number of carbonyl (C=O) groups is 2. The first-order valence-corrected chi connectivity index (χ1v) is 7.52. The van der Waals surface area contributed by atoms with Gasteiger partial charge in [-0.25, -0.2) is 0 Å². The summed E-state index contributed by atoms with van der Waals surface area (Å²) in [5.74, 6) is 1.99. The minimum atomic E-state index is -0.398. The van der Waals surface area contributed by atoms with Crippen LogP contribution in [0.25, 0.3) is 0 Å². The van der Waals surface area contributed by atoms with Gasteiger partial charge in [0, 0.05) is 6.42 Å². The summed E-state index contributed by atoms with van der Waals surface area (Å²) in [5, 5.41) is 0. The number of ether oxygens (including phenoxy) is 1. The SMILES string of the molecule is CCOC(=O)CCC1(C(C)=O)SCCCS1. The highest BCUT2D eigenvalue weighted by Gasteiger charge is 2.38. The Hall–Kier alpha value is -0.160. The van der Waals surface area contributed by atoms with E-state index in [0.29, 0.717) is 19.4 Å². The fourth-order valence-electron chi connectivity index (χ4n) is 1.60. The molecule has 5 heteroatoms. The van der Waals surface area contributed by atoms with E-state index in [0.717, 1.165) is 17.9 Å². The van der Waals surface area contributed by atoms with E-state index in [4.69, 9.17) is 4.74 Å². The summed E-state index contributed by atoms with van der Waals surface area (Å²) in [6.45, 7) is 3.82. The molecule has 0 spiro atoms. The Bertz CT molecular complexity index is 260. The first-order chi connectivity index (χ1) is 7.60. The molecule has 0 bridgehead atoms. The summed E-state index contributed by atoms with van der Waals surface area (Å²) in [4.78, 5) is 23.0. The molecule has 1 rings (SSSR count). The predicted molar refractivity (Wildman–Crippen MR) is 68.8 cm³/mol. The molecular formula is C11H18O3S2. The highest BCUT2D eigenvalue weighted by molar-refractivity contribution is 8.19. The minimum absolute atomic E-state index is 0.173. The van der Waals surface area contributed by atoms with Crippen LogP contribution in [0.2, 0.25) is 0 Å². The van der Waals surface area contributed by atoms with Crippen molar-refractivity contribution >= 4 is 35.3 Å². The van der Waals surface area contributed by atoms with Crippen LogP contribution in [-0.2, 0) is 14.3 Å². The van der Waals surface area contributed by atoms with Crippen molar-refractivity contribution in [2.24, 2.45) is 0 Å². The first kappa shape index (κ1) is 13.9. The van der Waals surface area contributed by atoms with Crippen LogP contribution in [-0.4, -0.2) is 33.9 Å². The highest BCUT2D eigenvalue weighted by atomic mass is 32.2. The molecule has 1 saturated heterocycles.